The van der Waals surface area contributed by atoms with Gasteiger partial charge in [0, 0.05) is 9.75 Å². The first kappa shape index (κ1) is 13.4. The average Bonchev–Trinajstić information content (AvgIpc) is 2.75. The van der Waals surface area contributed by atoms with E-state index in [0.717, 1.165) is 0 Å². The molecule has 1 aromatic heterocycles. The summed E-state index contributed by atoms with van der Waals surface area (Å²) in [6, 6.07) is 11.4. The van der Waals surface area contributed by atoms with E-state index in [1.807, 2.05) is 11.3 Å². The van der Waals surface area contributed by atoms with Gasteiger partial charge < -0.3 is 0 Å². The van der Waals surface area contributed by atoms with E-state index in [0.29, 0.717) is 11.8 Å². The minimum atomic E-state index is 0.586. The molecule has 96 valence electrons. The Morgan fingerprint density at radius 1 is 0.833 bits per heavy atom. The monoisotopic (exact) mass is 258 g/mol. The Morgan fingerprint density at radius 2 is 1.50 bits per heavy atom. The highest BCUT2D eigenvalue weighted by Crippen LogP contribution is 2.33. The minimum Gasteiger partial charge on any atom is -0.141 e. The molecule has 0 saturated carbocycles. The van der Waals surface area contributed by atoms with E-state index < -0.39 is 0 Å². The first-order valence-corrected chi connectivity index (χ1v) is 7.51. The van der Waals surface area contributed by atoms with Crippen molar-refractivity contribution in [3.05, 3.63) is 46.3 Å². The van der Waals surface area contributed by atoms with Gasteiger partial charge in [0.15, 0.2) is 0 Å². The number of hydrogen-bond donors (Lipinski definition) is 0. The maximum Gasteiger partial charge on any atom is 0.0345 e. The van der Waals surface area contributed by atoms with Gasteiger partial charge in [-0.05, 0) is 53.6 Å². The van der Waals surface area contributed by atoms with Crippen molar-refractivity contribution >= 4 is 11.3 Å². The van der Waals surface area contributed by atoms with Crippen LogP contribution in [0.1, 0.15) is 55.5 Å². The largest absolute Gasteiger partial charge is 0.141 e. The molecule has 0 aliphatic heterocycles. The third kappa shape index (κ3) is 2.67. The lowest BCUT2D eigenvalue weighted by molar-refractivity contribution is 0.791. The lowest BCUT2D eigenvalue weighted by atomic mass is 9.89. The van der Waals surface area contributed by atoms with Crippen molar-refractivity contribution in [1.82, 2.24) is 0 Å². The summed E-state index contributed by atoms with van der Waals surface area (Å²) in [5.41, 5.74) is 4.34. The van der Waals surface area contributed by atoms with Gasteiger partial charge in [-0.3, -0.25) is 0 Å². The molecule has 0 amide bonds. The fourth-order valence-corrected chi connectivity index (χ4v) is 3.21. The van der Waals surface area contributed by atoms with Gasteiger partial charge in [0.05, 0.1) is 0 Å². The third-order valence-electron chi connectivity index (χ3n) is 3.36. The second-order valence-electron chi connectivity index (χ2n) is 5.56. The fourth-order valence-electron chi connectivity index (χ4n) is 2.34. The van der Waals surface area contributed by atoms with Crippen molar-refractivity contribution in [3.8, 4) is 10.4 Å². The molecule has 1 heterocycles. The van der Waals surface area contributed by atoms with E-state index in [4.69, 9.17) is 0 Å². The Hall–Kier alpha value is -1.08. The van der Waals surface area contributed by atoms with E-state index in [-0.39, 0.29) is 0 Å². The molecular formula is C17H22S. The van der Waals surface area contributed by atoms with Gasteiger partial charge >= 0.3 is 0 Å². The molecule has 0 bridgehead atoms. The molecular weight excluding hydrogens is 236 g/mol. The van der Waals surface area contributed by atoms with E-state index >= 15 is 0 Å². The Morgan fingerprint density at radius 3 is 2.00 bits per heavy atom. The molecule has 1 heteroatoms. The van der Waals surface area contributed by atoms with Crippen LogP contribution in [-0.4, -0.2) is 0 Å². The average molecular weight is 258 g/mol. The maximum atomic E-state index is 2.38. The van der Waals surface area contributed by atoms with Crippen LogP contribution in [0.25, 0.3) is 10.4 Å². The van der Waals surface area contributed by atoms with Crippen LogP contribution in [0.2, 0.25) is 0 Å². The van der Waals surface area contributed by atoms with E-state index in [1.165, 1.54) is 26.4 Å². The second kappa shape index (κ2) is 5.27. The summed E-state index contributed by atoms with van der Waals surface area (Å²) in [5.74, 6) is 1.19. The SMILES string of the molecule is Cc1ccc(-c2ccc(C(C)C)c(C(C)C)c2)s1. The predicted octanol–water partition coefficient (Wildman–Crippen LogP) is 5.97. The Bertz CT molecular complexity index is 532. The summed E-state index contributed by atoms with van der Waals surface area (Å²) in [6.45, 7) is 11.3. The highest BCUT2D eigenvalue weighted by Gasteiger charge is 2.12. The van der Waals surface area contributed by atoms with Crippen LogP contribution in [0.3, 0.4) is 0 Å². The first-order chi connectivity index (χ1) is 8.49. The zero-order valence-electron chi connectivity index (χ0n) is 11.9. The van der Waals surface area contributed by atoms with Gasteiger partial charge in [0.1, 0.15) is 0 Å². The summed E-state index contributed by atoms with van der Waals surface area (Å²) in [7, 11) is 0. The van der Waals surface area contributed by atoms with Crippen molar-refractivity contribution in [2.75, 3.05) is 0 Å². The number of benzene rings is 1. The van der Waals surface area contributed by atoms with Gasteiger partial charge in [0.25, 0.3) is 0 Å². The van der Waals surface area contributed by atoms with Crippen LogP contribution in [0.5, 0.6) is 0 Å². The lowest BCUT2D eigenvalue weighted by Gasteiger charge is -2.17. The molecule has 18 heavy (non-hydrogen) atoms. The summed E-state index contributed by atoms with van der Waals surface area (Å²) in [4.78, 5) is 2.76. The summed E-state index contributed by atoms with van der Waals surface area (Å²) in [6.07, 6.45) is 0. The molecule has 0 radical (unpaired) electrons. The van der Waals surface area contributed by atoms with Gasteiger partial charge in [-0.15, -0.1) is 11.3 Å². The van der Waals surface area contributed by atoms with Crippen LogP contribution in [-0.2, 0) is 0 Å². The van der Waals surface area contributed by atoms with Crippen LogP contribution in [0, 0.1) is 6.92 Å². The standard InChI is InChI=1S/C17H22S/c1-11(2)15-8-7-14(10-16(15)12(3)4)17-9-6-13(5)18-17/h6-12H,1-5H3. The third-order valence-corrected chi connectivity index (χ3v) is 4.41. The van der Waals surface area contributed by atoms with Crippen molar-refractivity contribution in [2.24, 2.45) is 0 Å². The van der Waals surface area contributed by atoms with Crippen LogP contribution in [0.4, 0.5) is 0 Å². The molecule has 0 saturated heterocycles. The van der Waals surface area contributed by atoms with Crippen LogP contribution < -0.4 is 0 Å². The van der Waals surface area contributed by atoms with Crippen molar-refractivity contribution < 1.29 is 0 Å². The van der Waals surface area contributed by atoms with Gasteiger partial charge in [0.2, 0.25) is 0 Å². The fraction of sp³-hybridized carbons (Fsp3) is 0.412. The number of hydrogen-bond acceptors (Lipinski definition) is 1. The van der Waals surface area contributed by atoms with Gasteiger partial charge in [-0.25, -0.2) is 0 Å². The summed E-state index contributed by atoms with van der Waals surface area (Å²) in [5, 5.41) is 0. The molecule has 2 aromatic rings. The highest BCUT2D eigenvalue weighted by molar-refractivity contribution is 7.15. The highest BCUT2D eigenvalue weighted by atomic mass is 32.1. The molecule has 0 atom stereocenters. The minimum absolute atomic E-state index is 0.586. The molecule has 0 aliphatic rings. The molecule has 0 spiro atoms. The van der Waals surface area contributed by atoms with E-state index in [9.17, 15) is 0 Å². The predicted molar refractivity (Wildman–Crippen MR) is 82.7 cm³/mol. The second-order valence-corrected chi connectivity index (χ2v) is 6.85. The first-order valence-electron chi connectivity index (χ1n) is 6.69. The molecule has 0 unspecified atom stereocenters. The van der Waals surface area contributed by atoms with Crippen LogP contribution in [0.15, 0.2) is 30.3 Å². The molecule has 0 N–H and O–H groups in total. The smallest absolute Gasteiger partial charge is 0.0345 e. The molecule has 0 nitrogen and oxygen atoms in total. The number of thiophene rings is 1. The van der Waals surface area contributed by atoms with Crippen molar-refractivity contribution in [2.45, 2.75) is 46.5 Å². The topological polar surface area (TPSA) is 0 Å². The van der Waals surface area contributed by atoms with Crippen molar-refractivity contribution in [3.63, 3.8) is 0 Å². The zero-order valence-corrected chi connectivity index (χ0v) is 12.8. The van der Waals surface area contributed by atoms with Gasteiger partial charge in [-0.2, -0.15) is 0 Å². The zero-order chi connectivity index (χ0) is 13.3. The quantitative estimate of drug-likeness (QED) is 0.636. The summed E-state index contributed by atoms with van der Waals surface area (Å²) < 4.78 is 0. The van der Waals surface area contributed by atoms with E-state index in [1.54, 1.807) is 0 Å². The molecule has 0 aliphatic carbocycles. The number of rotatable bonds is 3. The normalized spacial score (nSPS) is 11.5. The molecule has 0 fully saturated rings. The Labute approximate surface area is 115 Å². The molecule has 2 rings (SSSR count). The Balaban J connectivity index is 2.49. The number of aryl methyl sites for hydroxylation is 1. The lowest BCUT2D eigenvalue weighted by Crippen LogP contribution is -1.98. The Kier molecular flexibility index (Phi) is 3.91. The van der Waals surface area contributed by atoms with E-state index in [2.05, 4.69) is 65.0 Å². The van der Waals surface area contributed by atoms with Crippen LogP contribution >= 0.6 is 11.3 Å². The van der Waals surface area contributed by atoms with Crippen molar-refractivity contribution in [1.29, 1.82) is 0 Å². The molecule has 1 aromatic carbocycles. The summed E-state index contributed by atoms with van der Waals surface area (Å²) >= 11 is 1.88. The van der Waals surface area contributed by atoms with Gasteiger partial charge in [-0.1, -0.05) is 39.8 Å². The maximum absolute atomic E-state index is 2.38.